The largest absolute Gasteiger partial charge is 0.493 e. The minimum Gasteiger partial charge on any atom is -0.493 e. The standard InChI is InChI=1S/C10H12O3/c1-3-4-7-5-8(11)6-9(13-2)10(7)12/h5-6H,3-4H2,1-2H3. The minimum absolute atomic E-state index is 0.149. The Morgan fingerprint density at radius 2 is 2.00 bits per heavy atom. The number of ether oxygens (including phenoxy) is 1. The van der Waals surface area contributed by atoms with Crippen molar-refractivity contribution in [1.82, 2.24) is 0 Å². The van der Waals surface area contributed by atoms with Crippen molar-refractivity contribution in [3.8, 4) is 0 Å². The lowest BCUT2D eigenvalue weighted by Gasteiger charge is -2.11. The van der Waals surface area contributed by atoms with Gasteiger partial charge in [-0.25, -0.2) is 0 Å². The highest BCUT2D eigenvalue weighted by atomic mass is 16.5. The van der Waals surface area contributed by atoms with E-state index >= 15 is 0 Å². The lowest BCUT2D eigenvalue weighted by atomic mass is 9.98. The van der Waals surface area contributed by atoms with Crippen LogP contribution < -0.4 is 0 Å². The fourth-order valence-corrected chi connectivity index (χ4v) is 1.24. The van der Waals surface area contributed by atoms with Gasteiger partial charge >= 0.3 is 0 Å². The quantitative estimate of drug-likeness (QED) is 0.616. The van der Waals surface area contributed by atoms with E-state index in [4.69, 9.17) is 4.74 Å². The maximum Gasteiger partial charge on any atom is 0.223 e. The monoisotopic (exact) mass is 180 g/mol. The number of hydrogen-bond acceptors (Lipinski definition) is 3. The molecule has 0 aromatic heterocycles. The van der Waals surface area contributed by atoms with Crippen LogP contribution in [0.5, 0.6) is 0 Å². The Bertz CT molecular complexity index is 297. The van der Waals surface area contributed by atoms with E-state index in [1.165, 1.54) is 19.3 Å². The summed E-state index contributed by atoms with van der Waals surface area (Å²) in [7, 11) is 1.39. The van der Waals surface area contributed by atoms with E-state index in [9.17, 15) is 9.59 Å². The third-order valence-corrected chi connectivity index (χ3v) is 1.84. The molecule has 0 unspecified atom stereocenters. The zero-order valence-corrected chi connectivity index (χ0v) is 7.79. The Hall–Kier alpha value is -1.38. The molecule has 0 N–H and O–H groups in total. The summed E-state index contributed by atoms with van der Waals surface area (Å²) in [6.07, 6.45) is 4.09. The van der Waals surface area contributed by atoms with Gasteiger partial charge in [0.2, 0.25) is 5.78 Å². The van der Waals surface area contributed by atoms with Gasteiger partial charge in [-0.2, -0.15) is 0 Å². The molecule has 0 aliphatic heterocycles. The molecule has 0 atom stereocenters. The molecule has 0 amide bonds. The Morgan fingerprint density at radius 3 is 2.54 bits per heavy atom. The second-order valence-electron chi connectivity index (χ2n) is 2.86. The van der Waals surface area contributed by atoms with Crippen molar-refractivity contribution in [3.63, 3.8) is 0 Å². The minimum atomic E-state index is -0.167. The molecular formula is C10H12O3. The van der Waals surface area contributed by atoms with Crippen molar-refractivity contribution >= 4 is 11.6 Å². The molecule has 0 bridgehead atoms. The highest BCUT2D eigenvalue weighted by Crippen LogP contribution is 2.17. The van der Waals surface area contributed by atoms with Crippen LogP contribution in [0.15, 0.2) is 23.5 Å². The van der Waals surface area contributed by atoms with E-state index in [1.807, 2.05) is 6.92 Å². The van der Waals surface area contributed by atoms with E-state index in [1.54, 1.807) is 0 Å². The Labute approximate surface area is 77.1 Å². The highest BCUT2D eigenvalue weighted by molar-refractivity contribution is 6.19. The lowest BCUT2D eigenvalue weighted by molar-refractivity contribution is -0.117. The average molecular weight is 180 g/mol. The molecule has 0 saturated heterocycles. The van der Waals surface area contributed by atoms with Crippen LogP contribution in [0.2, 0.25) is 0 Å². The summed E-state index contributed by atoms with van der Waals surface area (Å²) in [6.45, 7) is 1.96. The van der Waals surface area contributed by atoms with Crippen LogP contribution in [-0.2, 0) is 14.3 Å². The van der Waals surface area contributed by atoms with Crippen LogP contribution in [0.4, 0.5) is 0 Å². The second-order valence-corrected chi connectivity index (χ2v) is 2.86. The Morgan fingerprint density at radius 1 is 1.31 bits per heavy atom. The third kappa shape index (κ3) is 2.05. The Balaban J connectivity index is 2.89. The fourth-order valence-electron chi connectivity index (χ4n) is 1.24. The van der Waals surface area contributed by atoms with Gasteiger partial charge < -0.3 is 4.74 Å². The zero-order valence-electron chi connectivity index (χ0n) is 7.79. The molecule has 1 aliphatic rings. The van der Waals surface area contributed by atoms with Gasteiger partial charge in [-0.05, 0) is 12.5 Å². The first kappa shape index (κ1) is 9.71. The topological polar surface area (TPSA) is 43.4 Å². The smallest absolute Gasteiger partial charge is 0.223 e. The molecule has 3 heteroatoms. The van der Waals surface area contributed by atoms with Crippen molar-refractivity contribution in [3.05, 3.63) is 23.5 Å². The number of Topliss-reactive ketones (excluding diaryl/α,β-unsaturated/α-hetero) is 1. The summed E-state index contributed by atoms with van der Waals surface area (Å²) < 4.78 is 4.80. The molecule has 13 heavy (non-hydrogen) atoms. The maximum atomic E-state index is 11.5. The van der Waals surface area contributed by atoms with Crippen LogP contribution in [0.25, 0.3) is 0 Å². The number of rotatable bonds is 3. The number of allylic oxidation sites excluding steroid dienone is 3. The van der Waals surface area contributed by atoms with E-state index in [-0.39, 0.29) is 17.3 Å². The van der Waals surface area contributed by atoms with Gasteiger partial charge in [0, 0.05) is 11.6 Å². The van der Waals surface area contributed by atoms with Crippen molar-refractivity contribution in [2.24, 2.45) is 0 Å². The van der Waals surface area contributed by atoms with E-state index in [0.29, 0.717) is 12.0 Å². The van der Waals surface area contributed by atoms with Gasteiger partial charge in [-0.1, -0.05) is 13.3 Å². The first-order valence-electron chi connectivity index (χ1n) is 4.24. The number of hydrogen-bond donors (Lipinski definition) is 0. The van der Waals surface area contributed by atoms with Gasteiger partial charge in [-0.3, -0.25) is 9.59 Å². The van der Waals surface area contributed by atoms with Gasteiger partial charge in [0.15, 0.2) is 11.5 Å². The van der Waals surface area contributed by atoms with Crippen LogP contribution in [0, 0.1) is 0 Å². The molecule has 0 aromatic carbocycles. The fraction of sp³-hybridized carbons (Fsp3) is 0.400. The van der Waals surface area contributed by atoms with Gasteiger partial charge in [0.05, 0.1) is 7.11 Å². The van der Waals surface area contributed by atoms with Gasteiger partial charge in [0.1, 0.15) is 0 Å². The first-order chi connectivity index (χ1) is 6.19. The normalized spacial score (nSPS) is 16.8. The predicted octanol–water partition coefficient (Wildman–Crippen LogP) is 1.40. The number of carbonyl (C=O) groups excluding carboxylic acids is 2. The SMILES string of the molecule is CCCC1=CC(=O)C=C(OC)C1=O. The predicted molar refractivity (Wildman–Crippen MR) is 48.1 cm³/mol. The molecular weight excluding hydrogens is 168 g/mol. The first-order valence-corrected chi connectivity index (χ1v) is 4.24. The molecule has 0 heterocycles. The summed E-state index contributed by atoms with van der Waals surface area (Å²) in [5, 5.41) is 0. The summed E-state index contributed by atoms with van der Waals surface area (Å²) >= 11 is 0. The molecule has 1 rings (SSSR count). The molecule has 0 aromatic rings. The van der Waals surface area contributed by atoms with Crippen molar-refractivity contribution in [2.45, 2.75) is 19.8 Å². The van der Waals surface area contributed by atoms with Crippen LogP contribution in [0.1, 0.15) is 19.8 Å². The number of carbonyl (C=O) groups is 2. The summed E-state index contributed by atoms with van der Waals surface area (Å²) in [6, 6.07) is 0. The molecule has 70 valence electrons. The van der Waals surface area contributed by atoms with Crippen molar-refractivity contribution in [1.29, 1.82) is 0 Å². The Kier molecular flexibility index (Phi) is 3.01. The van der Waals surface area contributed by atoms with E-state index in [0.717, 1.165) is 6.42 Å². The van der Waals surface area contributed by atoms with Crippen molar-refractivity contribution in [2.75, 3.05) is 7.11 Å². The number of ketones is 2. The molecule has 0 saturated carbocycles. The average Bonchev–Trinajstić information content (AvgIpc) is 2.11. The second kappa shape index (κ2) is 4.03. The third-order valence-electron chi connectivity index (χ3n) is 1.84. The molecule has 3 nitrogen and oxygen atoms in total. The molecule has 1 aliphatic carbocycles. The lowest BCUT2D eigenvalue weighted by Crippen LogP contribution is -2.15. The van der Waals surface area contributed by atoms with E-state index in [2.05, 4.69) is 0 Å². The summed E-state index contributed by atoms with van der Waals surface area (Å²) in [5.74, 6) is -0.181. The summed E-state index contributed by atoms with van der Waals surface area (Å²) in [4.78, 5) is 22.6. The van der Waals surface area contributed by atoms with Gasteiger partial charge in [-0.15, -0.1) is 0 Å². The molecule has 0 spiro atoms. The summed E-state index contributed by atoms with van der Waals surface area (Å²) in [5.41, 5.74) is 0.548. The van der Waals surface area contributed by atoms with E-state index < -0.39 is 0 Å². The maximum absolute atomic E-state index is 11.5. The highest BCUT2D eigenvalue weighted by Gasteiger charge is 2.21. The van der Waals surface area contributed by atoms with Crippen molar-refractivity contribution < 1.29 is 14.3 Å². The van der Waals surface area contributed by atoms with Crippen LogP contribution >= 0.6 is 0 Å². The molecule has 0 radical (unpaired) electrons. The van der Waals surface area contributed by atoms with Crippen LogP contribution in [0.3, 0.4) is 0 Å². The zero-order chi connectivity index (χ0) is 9.84. The number of methoxy groups -OCH3 is 1. The van der Waals surface area contributed by atoms with Crippen LogP contribution in [-0.4, -0.2) is 18.7 Å². The van der Waals surface area contributed by atoms with Gasteiger partial charge in [0.25, 0.3) is 0 Å². The molecule has 0 fully saturated rings.